The molecule has 0 amide bonds. The number of nitrogens with one attached hydrogen (secondary N) is 1. The first-order valence-electron chi connectivity index (χ1n) is 10.6. The largest absolute Gasteiger partial charge is 0.491 e. The third-order valence-electron chi connectivity index (χ3n) is 5.58. The number of hydrogen-bond acceptors (Lipinski definition) is 6. The van der Waals surface area contributed by atoms with E-state index in [2.05, 4.69) is 20.9 Å². The van der Waals surface area contributed by atoms with E-state index in [4.69, 9.17) is 14.2 Å². The van der Waals surface area contributed by atoms with Crippen LogP contribution in [0.1, 0.15) is 18.9 Å². The van der Waals surface area contributed by atoms with E-state index in [1.807, 2.05) is 48.5 Å². The molecule has 4 rings (SSSR count). The monoisotopic (exact) mass is 526 g/mol. The lowest BCUT2D eigenvalue weighted by molar-refractivity contribution is -0.159. The lowest BCUT2D eigenvalue weighted by Crippen LogP contribution is -2.49. The summed E-state index contributed by atoms with van der Waals surface area (Å²) in [5.74, 6) is 0.826. The van der Waals surface area contributed by atoms with Gasteiger partial charge in [0.2, 0.25) is 5.72 Å². The molecule has 176 valence electrons. The van der Waals surface area contributed by atoms with Crippen molar-refractivity contribution in [3.8, 4) is 11.5 Å². The number of rotatable bonds is 8. The molecule has 1 aromatic heterocycles. The number of Topliss-reactive ketones (excluding diaryl/α,β-unsaturated/α-hetero) is 1. The summed E-state index contributed by atoms with van der Waals surface area (Å²) in [7, 11) is 0. The highest BCUT2D eigenvalue weighted by atomic mass is 79.9. The standard InChI is InChI=1S/C25H23BrN2O6/c1-17(29)25(28-15-18(12-13-26)23(30)27-24(28)31)14-21(33-20-10-6-3-7-11-20)22(34-25)16-32-19-8-4-2-5-9-19/h2-13,15,21-22H,14,16H2,1H3,(H,27,30,31)/t21-,22+,25-/m0/s1. The zero-order valence-corrected chi connectivity index (χ0v) is 19.9. The molecular weight excluding hydrogens is 504 g/mol. The molecule has 1 fully saturated rings. The third-order valence-corrected chi connectivity index (χ3v) is 5.84. The molecule has 1 aliphatic rings. The molecule has 2 heterocycles. The molecule has 0 aliphatic carbocycles. The molecule has 34 heavy (non-hydrogen) atoms. The van der Waals surface area contributed by atoms with Crippen LogP contribution in [0, 0.1) is 0 Å². The van der Waals surface area contributed by atoms with Crippen molar-refractivity contribution in [3.63, 3.8) is 0 Å². The normalized spacial score (nSPS) is 22.1. The molecule has 0 saturated carbocycles. The summed E-state index contributed by atoms with van der Waals surface area (Å²) in [6, 6.07) is 18.3. The minimum Gasteiger partial charge on any atom is -0.491 e. The SMILES string of the molecule is CC(=O)[C@]1(n2cc(C=CBr)c(=O)[nH]c2=O)C[C@H](Oc2ccccc2)[C@@H](COc2ccccc2)O1. The van der Waals surface area contributed by atoms with Crippen LogP contribution >= 0.6 is 15.9 Å². The highest BCUT2D eigenvalue weighted by Gasteiger charge is 2.53. The van der Waals surface area contributed by atoms with Gasteiger partial charge in [-0.25, -0.2) is 4.79 Å². The molecule has 0 radical (unpaired) electrons. The molecular formula is C25H23BrN2O6. The number of ether oxygens (including phenoxy) is 3. The highest BCUT2D eigenvalue weighted by Crippen LogP contribution is 2.38. The molecule has 0 unspecified atom stereocenters. The van der Waals surface area contributed by atoms with Crippen LogP contribution in [-0.4, -0.2) is 34.1 Å². The Morgan fingerprint density at radius 3 is 2.41 bits per heavy atom. The fraction of sp³-hybridized carbons (Fsp3) is 0.240. The Bertz CT molecular complexity index is 1290. The van der Waals surface area contributed by atoms with Crippen molar-refractivity contribution in [3.05, 3.63) is 98.2 Å². The fourth-order valence-corrected chi connectivity index (χ4v) is 4.18. The summed E-state index contributed by atoms with van der Waals surface area (Å²) in [6.07, 6.45) is 1.55. The number of benzene rings is 2. The predicted molar refractivity (Wildman–Crippen MR) is 130 cm³/mol. The van der Waals surface area contributed by atoms with Gasteiger partial charge in [-0.15, -0.1) is 0 Å². The van der Waals surface area contributed by atoms with Gasteiger partial charge < -0.3 is 14.2 Å². The lowest BCUT2D eigenvalue weighted by Gasteiger charge is -2.28. The van der Waals surface area contributed by atoms with Gasteiger partial charge in [-0.05, 0) is 42.3 Å². The van der Waals surface area contributed by atoms with Crippen LogP contribution in [0.25, 0.3) is 6.08 Å². The molecule has 0 spiro atoms. The van der Waals surface area contributed by atoms with Crippen molar-refractivity contribution < 1.29 is 19.0 Å². The molecule has 3 aromatic rings. The van der Waals surface area contributed by atoms with Crippen molar-refractivity contribution in [1.29, 1.82) is 0 Å². The Morgan fingerprint density at radius 2 is 1.79 bits per heavy atom. The number of aromatic amines is 1. The van der Waals surface area contributed by atoms with E-state index in [1.165, 1.54) is 24.2 Å². The summed E-state index contributed by atoms with van der Waals surface area (Å²) in [5, 5.41) is 0. The summed E-state index contributed by atoms with van der Waals surface area (Å²) < 4.78 is 19.5. The van der Waals surface area contributed by atoms with Crippen LogP contribution in [0.4, 0.5) is 0 Å². The fourth-order valence-electron chi connectivity index (χ4n) is 3.90. The molecule has 1 N–H and O–H groups in total. The lowest BCUT2D eigenvalue weighted by atomic mass is 10.0. The minimum absolute atomic E-state index is 0.0451. The maximum Gasteiger partial charge on any atom is 0.331 e. The number of para-hydroxylation sites is 2. The summed E-state index contributed by atoms with van der Waals surface area (Å²) >= 11 is 3.13. The smallest absolute Gasteiger partial charge is 0.331 e. The summed E-state index contributed by atoms with van der Waals surface area (Å²) in [4.78, 5) is 41.7. The van der Waals surface area contributed by atoms with Crippen LogP contribution < -0.4 is 20.7 Å². The van der Waals surface area contributed by atoms with E-state index in [-0.39, 0.29) is 18.6 Å². The van der Waals surface area contributed by atoms with Crippen molar-refractivity contribution in [2.45, 2.75) is 31.3 Å². The molecule has 2 aromatic carbocycles. The Kier molecular flexibility index (Phi) is 7.14. The number of hydrogen-bond donors (Lipinski definition) is 1. The van der Waals surface area contributed by atoms with E-state index in [0.29, 0.717) is 11.5 Å². The molecule has 0 bridgehead atoms. The zero-order valence-electron chi connectivity index (χ0n) is 18.3. The zero-order chi connectivity index (χ0) is 24.1. The first kappa shape index (κ1) is 23.7. The van der Waals surface area contributed by atoms with Crippen molar-refractivity contribution in [1.82, 2.24) is 9.55 Å². The Morgan fingerprint density at radius 1 is 1.15 bits per heavy atom. The average Bonchev–Trinajstić information content (AvgIpc) is 3.20. The number of halogens is 1. The molecule has 3 atom stereocenters. The van der Waals surface area contributed by atoms with E-state index >= 15 is 0 Å². The number of carbonyl (C=O) groups is 1. The number of aromatic nitrogens is 2. The second kappa shape index (κ2) is 10.2. The first-order valence-corrected chi connectivity index (χ1v) is 11.6. The Labute approximate surface area is 203 Å². The summed E-state index contributed by atoms with van der Waals surface area (Å²) in [6.45, 7) is 1.43. The van der Waals surface area contributed by atoms with E-state index < -0.39 is 35.0 Å². The van der Waals surface area contributed by atoms with Crippen molar-refractivity contribution in [2.24, 2.45) is 0 Å². The number of ketones is 1. The number of H-pyrrole nitrogens is 1. The molecule has 1 saturated heterocycles. The molecule has 1 aliphatic heterocycles. The molecule has 8 nitrogen and oxygen atoms in total. The van der Waals surface area contributed by atoms with Crippen LogP contribution in [0.3, 0.4) is 0 Å². The van der Waals surface area contributed by atoms with Gasteiger partial charge in [-0.3, -0.25) is 19.1 Å². The van der Waals surface area contributed by atoms with Gasteiger partial charge in [0.1, 0.15) is 30.3 Å². The topological polar surface area (TPSA) is 99.6 Å². The maximum atomic E-state index is 13.0. The van der Waals surface area contributed by atoms with Crippen molar-refractivity contribution in [2.75, 3.05) is 6.61 Å². The Balaban J connectivity index is 1.73. The Hall–Kier alpha value is -3.43. The van der Waals surface area contributed by atoms with E-state index in [0.717, 1.165) is 4.57 Å². The summed E-state index contributed by atoms with van der Waals surface area (Å²) in [5.41, 5.74) is -2.82. The van der Waals surface area contributed by atoms with Gasteiger partial charge in [0.15, 0.2) is 5.78 Å². The van der Waals surface area contributed by atoms with Crippen LogP contribution in [0.2, 0.25) is 0 Å². The quantitative estimate of drug-likeness (QED) is 0.482. The van der Waals surface area contributed by atoms with Crippen LogP contribution in [0.15, 0.2) is 81.4 Å². The highest BCUT2D eigenvalue weighted by molar-refractivity contribution is 9.11. The maximum absolute atomic E-state index is 13.0. The van der Waals surface area contributed by atoms with Crippen LogP contribution in [0.5, 0.6) is 11.5 Å². The van der Waals surface area contributed by atoms with Gasteiger partial charge in [0.05, 0.1) is 5.56 Å². The second-order valence-electron chi connectivity index (χ2n) is 7.80. The molecule has 9 heteroatoms. The van der Waals surface area contributed by atoms with Crippen molar-refractivity contribution >= 4 is 27.8 Å². The van der Waals surface area contributed by atoms with Gasteiger partial charge in [-0.2, -0.15) is 0 Å². The average molecular weight is 527 g/mol. The van der Waals surface area contributed by atoms with Gasteiger partial charge in [0.25, 0.3) is 5.56 Å². The van der Waals surface area contributed by atoms with Gasteiger partial charge >= 0.3 is 5.69 Å². The van der Waals surface area contributed by atoms with Gasteiger partial charge in [-0.1, -0.05) is 52.3 Å². The van der Waals surface area contributed by atoms with E-state index in [1.54, 1.807) is 12.1 Å². The van der Waals surface area contributed by atoms with Gasteiger partial charge in [0, 0.05) is 12.6 Å². The van der Waals surface area contributed by atoms with E-state index in [9.17, 15) is 14.4 Å². The van der Waals surface area contributed by atoms with Crippen LogP contribution in [-0.2, 0) is 15.3 Å². The first-order chi connectivity index (χ1) is 16.4. The number of nitrogens with zero attached hydrogens (tertiary/aromatic N) is 1. The third kappa shape index (κ3) is 4.90. The second-order valence-corrected chi connectivity index (χ2v) is 8.33. The minimum atomic E-state index is -1.68. The predicted octanol–water partition coefficient (Wildman–Crippen LogP) is 3.46. The number of carbonyl (C=O) groups excluding carboxylic acids is 1.